The molecule has 78 valence electrons. The van der Waals surface area contributed by atoms with Gasteiger partial charge in [0.1, 0.15) is 0 Å². The van der Waals surface area contributed by atoms with Gasteiger partial charge in [0.15, 0.2) is 5.03 Å². The van der Waals surface area contributed by atoms with Crippen molar-refractivity contribution >= 4 is 29.7 Å². The van der Waals surface area contributed by atoms with Crippen LogP contribution in [-0.4, -0.2) is 5.03 Å². The molecule has 1 aromatic rings. The fourth-order valence-electron chi connectivity index (χ4n) is 0.781. The van der Waals surface area contributed by atoms with Crippen LogP contribution in [-0.2, 0) is 0 Å². The summed E-state index contributed by atoms with van der Waals surface area (Å²) in [6.07, 6.45) is 0. The lowest BCUT2D eigenvalue weighted by Crippen LogP contribution is -2.27. The van der Waals surface area contributed by atoms with Gasteiger partial charge in [-0.15, -0.1) is 12.4 Å². The van der Waals surface area contributed by atoms with Crippen molar-refractivity contribution in [2.45, 2.75) is 6.92 Å². The van der Waals surface area contributed by atoms with Crippen LogP contribution in [0, 0.1) is 17.0 Å². The fraction of sp³-hybridized carbons (Fsp3) is 0.143. The molecule has 0 bridgehead atoms. The number of hydrogen-bond donors (Lipinski definition) is 2. The highest BCUT2D eigenvalue weighted by atomic mass is 35.5. The maximum Gasteiger partial charge on any atom is 0.178 e. The standard InChI is InChI=1S/C7H8ClN3O2.ClH/c1-5-2-3-6(4-7(5)8)9-10-11(12)13;/h2-4,9-10H,1H3;1H. The summed E-state index contributed by atoms with van der Waals surface area (Å²) < 4.78 is 0. The number of hydrogen-bond acceptors (Lipinski definition) is 3. The van der Waals surface area contributed by atoms with Gasteiger partial charge in [0.25, 0.3) is 0 Å². The lowest BCUT2D eigenvalue weighted by molar-refractivity contribution is -0.538. The van der Waals surface area contributed by atoms with Gasteiger partial charge in [-0.3, -0.25) is 0 Å². The Morgan fingerprint density at radius 3 is 2.64 bits per heavy atom. The van der Waals surface area contributed by atoms with Crippen LogP contribution in [0.15, 0.2) is 18.2 Å². The Morgan fingerprint density at radius 2 is 2.14 bits per heavy atom. The van der Waals surface area contributed by atoms with Crippen molar-refractivity contribution in [1.82, 2.24) is 5.53 Å². The fourth-order valence-corrected chi connectivity index (χ4v) is 0.961. The van der Waals surface area contributed by atoms with Crippen molar-refractivity contribution in [2.75, 3.05) is 5.43 Å². The van der Waals surface area contributed by atoms with E-state index in [1.807, 2.05) is 12.5 Å². The van der Waals surface area contributed by atoms with Crippen molar-refractivity contribution in [3.05, 3.63) is 38.9 Å². The molecule has 0 heterocycles. The van der Waals surface area contributed by atoms with E-state index >= 15 is 0 Å². The predicted molar refractivity (Wildman–Crippen MR) is 57.2 cm³/mol. The molecule has 0 aliphatic rings. The molecule has 14 heavy (non-hydrogen) atoms. The number of anilines is 1. The quantitative estimate of drug-likeness (QED) is 0.625. The van der Waals surface area contributed by atoms with E-state index in [1.165, 1.54) is 0 Å². The molecule has 0 unspecified atom stereocenters. The molecule has 7 heteroatoms. The molecule has 0 radical (unpaired) electrons. The molecule has 1 aromatic carbocycles. The van der Waals surface area contributed by atoms with Gasteiger partial charge < -0.3 is 0 Å². The maximum absolute atomic E-state index is 9.92. The van der Waals surface area contributed by atoms with Crippen molar-refractivity contribution in [3.8, 4) is 0 Å². The van der Waals surface area contributed by atoms with E-state index in [0.717, 1.165) is 5.56 Å². The zero-order valence-electron chi connectivity index (χ0n) is 7.28. The molecule has 0 aliphatic carbocycles. The van der Waals surface area contributed by atoms with E-state index < -0.39 is 5.03 Å². The van der Waals surface area contributed by atoms with Crippen molar-refractivity contribution in [1.29, 1.82) is 0 Å². The SMILES string of the molecule is Cc1ccc(NN[N+](=O)[O-])cc1Cl.Cl. The summed E-state index contributed by atoms with van der Waals surface area (Å²) in [5, 5.41) is 9.80. The third kappa shape index (κ3) is 3.68. The Kier molecular flexibility index (Phi) is 5.04. The van der Waals surface area contributed by atoms with E-state index in [2.05, 4.69) is 5.43 Å². The van der Waals surface area contributed by atoms with E-state index in [9.17, 15) is 10.1 Å². The molecule has 0 aromatic heterocycles. The predicted octanol–water partition coefficient (Wildman–Crippen LogP) is 2.18. The number of aryl methyl sites for hydroxylation is 1. The first kappa shape index (κ1) is 12.8. The Balaban J connectivity index is 0.00000169. The molecule has 2 N–H and O–H groups in total. The van der Waals surface area contributed by atoms with E-state index in [4.69, 9.17) is 11.6 Å². The van der Waals surface area contributed by atoms with Crippen molar-refractivity contribution in [2.24, 2.45) is 0 Å². The van der Waals surface area contributed by atoms with Crippen molar-refractivity contribution in [3.63, 3.8) is 0 Å². The minimum absolute atomic E-state index is 0. The van der Waals surface area contributed by atoms with Crippen LogP contribution in [0.5, 0.6) is 0 Å². The number of benzene rings is 1. The first-order valence-corrected chi connectivity index (χ1v) is 3.89. The van der Waals surface area contributed by atoms with E-state index in [0.29, 0.717) is 10.7 Å². The number of nitrogens with zero attached hydrogens (tertiary/aromatic N) is 1. The molecule has 0 atom stereocenters. The van der Waals surface area contributed by atoms with Crippen LogP contribution in [0.25, 0.3) is 0 Å². The Bertz CT molecular complexity index is 333. The lowest BCUT2D eigenvalue weighted by Gasteiger charge is -2.03. The summed E-state index contributed by atoms with van der Waals surface area (Å²) in [5.74, 6) is 0. The molecular weight excluding hydrogens is 229 g/mol. The minimum atomic E-state index is -0.687. The molecule has 0 spiro atoms. The largest absolute Gasteiger partial charge is 0.248 e. The zero-order valence-corrected chi connectivity index (χ0v) is 8.85. The van der Waals surface area contributed by atoms with Crippen LogP contribution in [0.3, 0.4) is 0 Å². The minimum Gasteiger partial charge on any atom is -0.248 e. The van der Waals surface area contributed by atoms with Crippen LogP contribution in [0.4, 0.5) is 5.69 Å². The summed E-state index contributed by atoms with van der Waals surface area (Å²) in [4.78, 5) is 9.92. The number of nitro groups is 1. The molecule has 0 fully saturated rings. The van der Waals surface area contributed by atoms with Gasteiger partial charge in [-0.2, -0.15) is 0 Å². The first-order valence-electron chi connectivity index (χ1n) is 3.52. The van der Waals surface area contributed by atoms with Gasteiger partial charge >= 0.3 is 0 Å². The number of rotatable bonds is 3. The molecular formula is C7H9Cl2N3O2. The average molecular weight is 238 g/mol. The summed E-state index contributed by atoms with van der Waals surface area (Å²) in [6.45, 7) is 1.85. The summed E-state index contributed by atoms with van der Waals surface area (Å²) in [6, 6.07) is 5.07. The summed E-state index contributed by atoms with van der Waals surface area (Å²) >= 11 is 5.79. The van der Waals surface area contributed by atoms with Gasteiger partial charge in [0, 0.05) is 5.02 Å². The smallest absolute Gasteiger partial charge is 0.178 e. The molecule has 0 saturated carbocycles. The van der Waals surface area contributed by atoms with E-state index in [1.54, 1.807) is 18.2 Å². The number of nitrogens with one attached hydrogen (secondary N) is 2. The zero-order chi connectivity index (χ0) is 9.84. The van der Waals surface area contributed by atoms with Gasteiger partial charge in [-0.25, -0.2) is 15.5 Å². The molecule has 0 aliphatic heterocycles. The van der Waals surface area contributed by atoms with Crippen molar-refractivity contribution < 1.29 is 5.03 Å². The summed E-state index contributed by atoms with van der Waals surface area (Å²) in [5.41, 5.74) is 5.67. The topological polar surface area (TPSA) is 67.2 Å². The normalized spacial score (nSPS) is 8.71. The number of halogens is 2. The highest BCUT2D eigenvalue weighted by Crippen LogP contribution is 2.19. The summed E-state index contributed by atoms with van der Waals surface area (Å²) in [7, 11) is 0. The van der Waals surface area contributed by atoms with Crippen LogP contribution in [0.2, 0.25) is 5.02 Å². The van der Waals surface area contributed by atoms with Crippen LogP contribution in [0.1, 0.15) is 5.56 Å². The second-order valence-corrected chi connectivity index (χ2v) is 2.87. The monoisotopic (exact) mass is 237 g/mol. The highest BCUT2D eigenvalue weighted by Gasteiger charge is 1.98. The van der Waals surface area contributed by atoms with Crippen LogP contribution >= 0.6 is 24.0 Å². The Labute approximate surface area is 91.9 Å². The average Bonchev–Trinajstić information content (AvgIpc) is 2.07. The first-order chi connectivity index (χ1) is 6.09. The molecule has 0 amide bonds. The highest BCUT2D eigenvalue weighted by molar-refractivity contribution is 6.31. The van der Waals surface area contributed by atoms with Gasteiger partial charge in [-0.1, -0.05) is 17.7 Å². The van der Waals surface area contributed by atoms with Gasteiger partial charge in [0.05, 0.1) is 5.69 Å². The van der Waals surface area contributed by atoms with Gasteiger partial charge in [-0.05, 0) is 30.2 Å². The Morgan fingerprint density at radius 1 is 1.50 bits per heavy atom. The third-order valence-electron chi connectivity index (χ3n) is 1.46. The molecule has 0 saturated heterocycles. The Hall–Kier alpha value is -1.20. The lowest BCUT2D eigenvalue weighted by atomic mass is 10.2. The second kappa shape index (κ2) is 5.51. The maximum atomic E-state index is 9.92. The van der Waals surface area contributed by atoms with Crippen LogP contribution < -0.4 is 11.0 Å². The second-order valence-electron chi connectivity index (χ2n) is 2.46. The molecule has 5 nitrogen and oxygen atoms in total. The molecule has 1 rings (SSSR count). The number of hydrazine groups is 2. The van der Waals surface area contributed by atoms with Gasteiger partial charge in [0.2, 0.25) is 0 Å². The van der Waals surface area contributed by atoms with E-state index in [-0.39, 0.29) is 12.4 Å². The third-order valence-corrected chi connectivity index (χ3v) is 1.87.